The van der Waals surface area contributed by atoms with E-state index in [4.69, 9.17) is 14.2 Å². The van der Waals surface area contributed by atoms with Crippen molar-refractivity contribution in [2.24, 2.45) is 0 Å². The molecule has 1 aromatic rings. The molecule has 1 amide bonds. The summed E-state index contributed by atoms with van der Waals surface area (Å²) >= 11 is 0. The summed E-state index contributed by atoms with van der Waals surface area (Å²) < 4.78 is 42.5. The van der Waals surface area contributed by atoms with Crippen LogP contribution in [0.1, 0.15) is 19.8 Å². The first-order valence-electron chi connectivity index (χ1n) is 9.85. The number of carbonyl (C=O) groups is 1. The number of nitrogens with one attached hydrogen (secondary N) is 2. The third-order valence-electron chi connectivity index (χ3n) is 3.77. The van der Waals surface area contributed by atoms with Gasteiger partial charge in [-0.05, 0) is 37.6 Å². The summed E-state index contributed by atoms with van der Waals surface area (Å²) in [6.07, 6.45) is 5.09. The molecule has 0 unspecified atom stereocenters. The zero-order valence-electron chi connectivity index (χ0n) is 17.3. The SMILES string of the molecule is C/C=C\CCC(=O)NCCOCCOCCOCCNS(=O)(=O)c1ccc(O)cc1. The minimum absolute atomic E-state index is 0.00474. The average molecular weight is 445 g/mol. The summed E-state index contributed by atoms with van der Waals surface area (Å²) in [6, 6.07) is 5.28. The highest BCUT2D eigenvalue weighted by Gasteiger charge is 2.12. The molecular formula is C20H32N2O7S. The third kappa shape index (κ3) is 12.6. The highest BCUT2D eigenvalue weighted by Crippen LogP contribution is 2.13. The van der Waals surface area contributed by atoms with Crippen LogP contribution in [0.15, 0.2) is 41.3 Å². The van der Waals surface area contributed by atoms with Crippen molar-refractivity contribution in [3.8, 4) is 5.75 Å². The molecule has 0 aliphatic carbocycles. The molecule has 0 radical (unpaired) electrons. The van der Waals surface area contributed by atoms with Crippen molar-refractivity contribution in [2.75, 3.05) is 52.7 Å². The van der Waals surface area contributed by atoms with Gasteiger partial charge in [0.05, 0.1) is 44.5 Å². The van der Waals surface area contributed by atoms with E-state index in [-0.39, 0.29) is 29.7 Å². The Labute approximate surface area is 178 Å². The van der Waals surface area contributed by atoms with Crippen molar-refractivity contribution in [1.29, 1.82) is 0 Å². The van der Waals surface area contributed by atoms with Crippen molar-refractivity contribution in [3.63, 3.8) is 0 Å². The third-order valence-corrected chi connectivity index (χ3v) is 5.25. The van der Waals surface area contributed by atoms with Crippen molar-refractivity contribution in [2.45, 2.75) is 24.7 Å². The lowest BCUT2D eigenvalue weighted by Crippen LogP contribution is -2.28. The molecule has 0 fully saturated rings. The Bertz CT molecular complexity index is 721. The average Bonchev–Trinajstić information content (AvgIpc) is 2.72. The minimum atomic E-state index is -3.62. The van der Waals surface area contributed by atoms with Gasteiger partial charge in [0.15, 0.2) is 0 Å². The van der Waals surface area contributed by atoms with Crippen LogP contribution in [-0.2, 0) is 29.0 Å². The van der Waals surface area contributed by atoms with Crippen LogP contribution in [0.5, 0.6) is 5.75 Å². The number of phenols is 1. The molecule has 0 aliphatic rings. The predicted molar refractivity (Wildman–Crippen MR) is 113 cm³/mol. The van der Waals surface area contributed by atoms with Crippen molar-refractivity contribution < 1.29 is 32.5 Å². The van der Waals surface area contributed by atoms with Gasteiger partial charge in [-0.25, -0.2) is 13.1 Å². The highest BCUT2D eigenvalue weighted by atomic mass is 32.2. The lowest BCUT2D eigenvalue weighted by molar-refractivity contribution is -0.121. The summed E-state index contributed by atoms with van der Waals surface area (Å²) in [6.45, 7) is 4.70. The standard InChI is InChI=1S/C20H32N2O7S/c1-2-3-4-5-20(24)21-10-12-27-14-16-29-17-15-28-13-11-22-30(25,26)19-8-6-18(23)7-9-19/h2-3,6-9,22-23H,4-5,10-17H2,1H3,(H,21,24)/b3-2-. The van der Waals surface area contributed by atoms with E-state index in [0.29, 0.717) is 46.0 Å². The molecule has 0 aromatic heterocycles. The summed E-state index contributed by atoms with van der Waals surface area (Å²) in [4.78, 5) is 11.5. The maximum atomic E-state index is 12.0. The Hall–Kier alpha value is -1.98. The van der Waals surface area contributed by atoms with Gasteiger partial charge in [0, 0.05) is 19.5 Å². The molecule has 0 bridgehead atoms. The Morgan fingerprint density at radius 1 is 0.967 bits per heavy atom. The summed E-state index contributed by atoms with van der Waals surface area (Å²) in [5.41, 5.74) is 0. The normalized spacial score (nSPS) is 11.8. The number of ether oxygens (including phenoxy) is 3. The van der Waals surface area contributed by atoms with Gasteiger partial charge >= 0.3 is 0 Å². The minimum Gasteiger partial charge on any atom is -0.508 e. The largest absolute Gasteiger partial charge is 0.508 e. The molecule has 3 N–H and O–H groups in total. The monoisotopic (exact) mass is 444 g/mol. The van der Waals surface area contributed by atoms with Crippen molar-refractivity contribution >= 4 is 15.9 Å². The molecule has 10 heteroatoms. The van der Waals surface area contributed by atoms with Crippen LogP contribution >= 0.6 is 0 Å². The number of benzene rings is 1. The van der Waals surface area contributed by atoms with Gasteiger partial charge in [0.25, 0.3) is 0 Å². The predicted octanol–water partition coefficient (Wildman–Crippen LogP) is 1.19. The Morgan fingerprint density at radius 2 is 1.53 bits per heavy atom. The van der Waals surface area contributed by atoms with Gasteiger partial charge in [-0.3, -0.25) is 4.79 Å². The van der Waals surface area contributed by atoms with E-state index in [1.54, 1.807) is 0 Å². The van der Waals surface area contributed by atoms with E-state index in [0.717, 1.165) is 6.42 Å². The van der Waals surface area contributed by atoms with Gasteiger partial charge in [-0.15, -0.1) is 0 Å². The van der Waals surface area contributed by atoms with Gasteiger partial charge in [-0.2, -0.15) is 0 Å². The Morgan fingerprint density at radius 3 is 2.13 bits per heavy atom. The Balaban J connectivity index is 1.91. The maximum absolute atomic E-state index is 12.0. The number of rotatable bonds is 17. The molecule has 1 rings (SSSR count). The van der Waals surface area contributed by atoms with E-state index in [1.165, 1.54) is 24.3 Å². The highest BCUT2D eigenvalue weighted by molar-refractivity contribution is 7.89. The Kier molecular flexibility index (Phi) is 13.7. The van der Waals surface area contributed by atoms with Crippen LogP contribution in [0, 0.1) is 0 Å². The number of aromatic hydroxyl groups is 1. The molecule has 0 heterocycles. The van der Waals surface area contributed by atoms with Gasteiger partial charge in [-0.1, -0.05) is 12.2 Å². The zero-order chi connectivity index (χ0) is 22.1. The molecular weight excluding hydrogens is 412 g/mol. The number of allylic oxidation sites excluding steroid dienone is 2. The van der Waals surface area contributed by atoms with E-state index < -0.39 is 10.0 Å². The van der Waals surface area contributed by atoms with E-state index in [1.807, 2.05) is 19.1 Å². The van der Waals surface area contributed by atoms with Gasteiger partial charge in [0.2, 0.25) is 15.9 Å². The second-order valence-corrected chi connectivity index (χ2v) is 7.95. The molecule has 0 spiro atoms. The molecule has 30 heavy (non-hydrogen) atoms. The van der Waals surface area contributed by atoms with Crippen LogP contribution in [0.3, 0.4) is 0 Å². The fourth-order valence-corrected chi connectivity index (χ4v) is 3.24. The number of hydrogen-bond donors (Lipinski definition) is 3. The smallest absolute Gasteiger partial charge is 0.240 e. The van der Waals surface area contributed by atoms with Gasteiger partial charge in [0.1, 0.15) is 5.75 Å². The molecule has 9 nitrogen and oxygen atoms in total. The van der Waals surface area contributed by atoms with E-state index in [9.17, 15) is 18.3 Å². The molecule has 0 atom stereocenters. The van der Waals surface area contributed by atoms with Crippen molar-refractivity contribution in [3.05, 3.63) is 36.4 Å². The fourth-order valence-electron chi connectivity index (χ4n) is 2.23. The lowest BCUT2D eigenvalue weighted by atomic mass is 10.3. The van der Waals surface area contributed by atoms with Crippen LogP contribution < -0.4 is 10.0 Å². The topological polar surface area (TPSA) is 123 Å². The first-order valence-corrected chi connectivity index (χ1v) is 11.3. The molecule has 170 valence electrons. The number of sulfonamides is 1. The molecule has 0 aliphatic heterocycles. The van der Waals surface area contributed by atoms with Gasteiger partial charge < -0.3 is 24.6 Å². The second-order valence-electron chi connectivity index (χ2n) is 6.19. The number of amides is 1. The number of carbonyl (C=O) groups excluding carboxylic acids is 1. The van der Waals surface area contributed by atoms with Crippen molar-refractivity contribution in [1.82, 2.24) is 10.0 Å². The second kappa shape index (κ2) is 15.8. The lowest BCUT2D eigenvalue weighted by Gasteiger charge is -2.09. The summed E-state index contributed by atoms with van der Waals surface area (Å²) in [5.74, 6) is 0.0144. The molecule has 1 aromatic carbocycles. The summed E-state index contributed by atoms with van der Waals surface area (Å²) in [5, 5.41) is 12.0. The van der Waals surface area contributed by atoms with Crippen LogP contribution in [-0.4, -0.2) is 72.2 Å². The molecule has 0 saturated heterocycles. The van der Waals surface area contributed by atoms with Crippen LogP contribution in [0.4, 0.5) is 0 Å². The first-order chi connectivity index (χ1) is 14.5. The number of hydrogen-bond acceptors (Lipinski definition) is 7. The van der Waals surface area contributed by atoms with E-state index in [2.05, 4.69) is 10.0 Å². The zero-order valence-corrected chi connectivity index (χ0v) is 18.2. The molecule has 0 saturated carbocycles. The fraction of sp³-hybridized carbons (Fsp3) is 0.550. The first kappa shape index (κ1) is 26.1. The van der Waals surface area contributed by atoms with E-state index >= 15 is 0 Å². The number of phenolic OH excluding ortho intramolecular Hbond substituents is 1. The van der Waals surface area contributed by atoms with Crippen LogP contribution in [0.2, 0.25) is 0 Å². The quantitative estimate of drug-likeness (QED) is 0.244. The summed E-state index contributed by atoms with van der Waals surface area (Å²) in [7, 11) is -3.62. The van der Waals surface area contributed by atoms with Crippen LogP contribution in [0.25, 0.3) is 0 Å². The maximum Gasteiger partial charge on any atom is 0.240 e.